The molecule has 1 aliphatic carbocycles. The summed E-state index contributed by atoms with van der Waals surface area (Å²) < 4.78 is 0. The highest BCUT2D eigenvalue weighted by atomic mass is 16.3. The van der Waals surface area contributed by atoms with Gasteiger partial charge in [-0.05, 0) is 43.9 Å². The highest BCUT2D eigenvalue weighted by Gasteiger charge is 2.26. The quantitative estimate of drug-likeness (QED) is 0.515. The van der Waals surface area contributed by atoms with E-state index in [9.17, 15) is 5.11 Å². The fourth-order valence-corrected chi connectivity index (χ4v) is 2.07. The predicted octanol–water partition coefficient (Wildman–Crippen LogP) is 2.32. The second-order valence-electron chi connectivity index (χ2n) is 4.47. The summed E-state index contributed by atoms with van der Waals surface area (Å²) in [7, 11) is 0. The van der Waals surface area contributed by atoms with E-state index in [0.29, 0.717) is 5.69 Å². The van der Waals surface area contributed by atoms with Crippen LogP contribution in [0.15, 0.2) is 24.3 Å². The Morgan fingerprint density at radius 1 is 1.19 bits per heavy atom. The second kappa shape index (κ2) is 4.59. The third-order valence-electron chi connectivity index (χ3n) is 3.01. The SMILES string of the molecule is Nc1cccc(C#CC2(O)CCCCC2)c1. The summed E-state index contributed by atoms with van der Waals surface area (Å²) in [6.07, 6.45) is 4.94. The Morgan fingerprint density at radius 2 is 1.94 bits per heavy atom. The minimum atomic E-state index is -0.775. The van der Waals surface area contributed by atoms with Crippen molar-refractivity contribution in [2.75, 3.05) is 5.73 Å². The molecule has 0 bridgehead atoms. The van der Waals surface area contributed by atoms with Crippen molar-refractivity contribution in [3.8, 4) is 11.8 Å². The largest absolute Gasteiger partial charge is 0.399 e. The van der Waals surface area contributed by atoms with E-state index < -0.39 is 5.60 Å². The van der Waals surface area contributed by atoms with Crippen LogP contribution in [0.5, 0.6) is 0 Å². The first kappa shape index (κ1) is 11.0. The summed E-state index contributed by atoms with van der Waals surface area (Å²) in [5.74, 6) is 6.01. The molecule has 0 spiro atoms. The summed E-state index contributed by atoms with van der Waals surface area (Å²) in [6, 6.07) is 7.46. The van der Waals surface area contributed by atoms with Crippen molar-refractivity contribution in [3.63, 3.8) is 0 Å². The molecule has 1 saturated carbocycles. The number of aliphatic hydroxyl groups is 1. The second-order valence-corrected chi connectivity index (χ2v) is 4.47. The van der Waals surface area contributed by atoms with Crippen molar-refractivity contribution < 1.29 is 5.11 Å². The molecule has 0 amide bonds. The summed E-state index contributed by atoms with van der Waals surface area (Å²) in [4.78, 5) is 0. The number of anilines is 1. The molecule has 0 aromatic heterocycles. The molecule has 1 aromatic rings. The van der Waals surface area contributed by atoms with Crippen LogP contribution in [0.4, 0.5) is 5.69 Å². The van der Waals surface area contributed by atoms with Gasteiger partial charge in [-0.1, -0.05) is 24.3 Å². The molecular weight excluding hydrogens is 198 g/mol. The Hall–Kier alpha value is -1.46. The number of nitrogens with two attached hydrogens (primary N) is 1. The molecule has 16 heavy (non-hydrogen) atoms. The fraction of sp³-hybridized carbons (Fsp3) is 0.429. The Labute approximate surface area is 96.5 Å². The van der Waals surface area contributed by atoms with E-state index in [2.05, 4.69) is 11.8 Å². The third kappa shape index (κ3) is 2.77. The normalized spacial score (nSPS) is 18.6. The summed E-state index contributed by atoms with van der Waals surface area (Å²) >= 11 is 0. The van der Waals surface area contributed by atoms with Crippen molar-refractivity contribution >= 4 is 5.69 Å². The summed E-state index contributed by atoms with van der Waals surface area (Å²) in [6.45, 7) is 0. The van der Waals surface area contributed by atoms with Gasteiger partial charge in [0.25, 0.3) is 0 Å². The van der Waals surface area contributed by atoms with E-state index in [0.717, 1.165) is 31.2 Å². The van der Waals surface area contributed by atoms with Crippen LogP contribution < -0.4 is 5.73 Å². The van der Waals surface area contributed by atoms with Gasteiger partial charge < -0.3 is 10.8 Å². The zero-order chi connectivity index (χ0) is 11.4. The monoisotopic (exact) mass is 215 g/mol. The van der Waals surface area contributed by atoms with Gasteiger partial charge in [0.1, 0.15) is 5.60 Å². The average molecular weight is 215 g/mol. The van der Waals surface area contributed by atoms with Crippen molar-refractivity contribution in [2.45, 2.75) is 37.7 Å². The van der Waals surface area contributed by atoms with Crippen LogP contribution in [0.3, 0.4) is 0 Å². The van der Waals surface area contributed by atoms with E-state index in [1.807, 2.05) is 24.3 Å². The molecule has 2 heteroatoms. The maximum Gasteiger partial charge on any atom is 0.125 e. The average Bonchev–Trinajstić information content (AvgIpc) is 2.28. The number of hydrogen-bond donors (Lipinski definition) is 2. The molecule has 3 N–H and O–H groups in total. The molecule has 0 atom stereocenters. The van der Waals surface area contributed by atoms with Crippen LogP contribution in [-0.2, 0) is 0 Å². The smallest absolute Gasteiger partial charge is 0.125 e. The Balaban J connectivity index is 2.14. The lowest BCUT2D eigenvalue weighted by atomic mass is 9.85. The van der Waals surface area contributed by atoms with Crippen molar-refractivity contribution in [1.82, 2.24) is 0 Å². The predicted molar refractivity (Wildman–Crippen MR) is 65.8 cm³/mol. The molecule has 84 valence electrons. The van der Waals surface area contributed by atoms with E-state index in [4.69, 9.17) is 5.73 Å². The lowest BCUT2D eigenvalue weighted by Crippen LogP contribution is -2.29. The highest BCUT2D eigenvalue weighted by molar-refractivity contribution is 5.47. The number of benzene rings is 1. The molecule has 1 aromatic carbocycles. The molecule has 2 nitrogen and oxygen atoms in total. The van der Waals surface area contributed by atoms with Gasteiger partial charge in [-0.15, -0.1) is 0 Å². The lowest BCUT2D eigenvalue weighted by molar-refractivity contribution is 0.0610. The first-order valence-corrected chi connectivity index (χ1v) is 5.79. The summed E-state index contributed by atoms with van der Waals surface area (Å²) in [5.41, 5.74) is 6.48. The van der Waals surface area contributed by atoms with Crippen LogP contribution in [0, 0.1) is 11.8 Å². The molecule has 0 saturated heterocycles. The van der Waals surface area contributed by atoms with E-state index in [-0.39, 0.29) is 0 Å². The standard InChI is InChI=1S/C14H17NO/c15-13-6-4-5-12(11-13)7-10-14(16)8-2-1-3-9-14/h4-6,11,16H,1-3,8-9,15H2. The van der Waals surface area contributed by atoms with Gasteiger partial charge in [0.15, 0.2) is 0 Å². The zero-order valence-corrected chi connectivity index (χ0v) is 9.37. The van der Waals surface area contributed by atoms with Crippen molar-refractivity contribution in [1.29, 1.82) is 0 Å². The topological polar surface area (TPSA) is 46.2 Å². The van der Waals surface area contributed by atoms with E-state index in [1.54, 1.807) is 0 Å². The van der Waals surface area contributed by atoms with Crippen molar-refractivity contribution in [2.24, 2.45) is 0 Å². The van der Waals surface area contributed by atoms with Crippen LogP contribution in [-0.4, -0.2) is 10.7 Å². The number of nitrogen functional groups attached to an aromatic ring is 1. The first-order chi connectivity index (χ1) is 7.68. The first-order valence-electron chi connectivity index (χ1n) is 5.79. The minimum Gasteiger partial charge on any atom is -0.399 e. The Kier molecular flexibility index (Phi) is 3.17. The molecule has 1 fully saturated rings. The Morgan fingerprint density at radius 3 is 2.62 bits per heavy atom. The van der Waals surface area contributed by atoms with Gasteiger partial charge in [-0.2, -0.15) is 0 Å². The van der Waals surface area contributed by atoms with Crippen LogP contribution in [0.2, 0.25) is 0 Å². The van der Waals surface area contributed by atoms with Gasteiger partial charge in [-0.3, -0.25) is 0 Å². The van der Waals surface area contributed by atoms with Gasteiger partial charge in [0.2, 0.25) is 0 Å². The summed E-state index contributed by atoms with van der Waals surface area (Å²) in [5, 5.41) is 10.2. The lowest BCUT2D eigenvalue weighted by Gasteiger charge is -2.26. The molecule has 0 heterocycles. The molecule has 1 aliphatic rings. The van der Waals surface area contributed by atoms with Crippen LogP contribution in [0.1, 0.15) is 37.7 Å². The number of rotatable bonds is 0. The van der Waals surface area contributed by atoms with Gasteiger partial charge in [0.05, 0.1) is 0 Å². The van der Waals surface area contributed by atoms with Gasteiger partial charge in [0, 0.05) is 11.3 Å². The molecular formula is C14H17NO. The van der Waals surface area contributed by atoms with E-state index >= 15 is 0 Å². The number of hydrogen-bond acceptors (Lipinski definition) is 2. The molecule has 2 rings (SSSR count). The highest BCUT2D eigenvalue weighted by Crippen LogP contribution is 2.27. The van der Waals surface area contributed by atoms with Gasteiger partial charge >= 0.3 is 0 Å². The zero-order valence-electron chi connectivity index (χ0n) is 9.37. The Bertz CT molecular complexity index is 422. The van der Waals surface area contributed by atoms with Gasteiger partial charge in [-0.25, -0.2) is 0 Å². The molecule has 0 aliphatic heterocycles. The minimum absolute atomic E-state index is 0.711. The fourth-order valence-electron chi connectivity index (χ4n) is 2.07. The molecule has 0 radical (unpaired) electrons. The third-order valence-corrected chi connectivity index (χ3v) is 3.01. The van der Waals surface area contributed by atoms with E-state index in [1.165, 1.54) is 6.42 Å². The molecule has 0 unspecified atom stereocenters. The van der Waals surface area contributed by atoms with Crippen molar-refractivity contribution in [3.05, 3.63) is 29.8 Å². The van der Waals surface area contributed by atoms with Crippen LogP contribution >= 0.6 is 0 Å². The van der Waals surface area contributed by atoms with Crippen LogP contribution in [0.25, 0.3) is 0 Å². The maximum absolute atomic E-state index is 10.2. The maximum atomic E-state index is 10.2.